The number of hydrogen-bond acceptors (Lipinski definition) is 9. The summed E-state index contributed by atoms with van der Waals surface area (Å²) in [6.45, 7) is 5.86. The second-order valence-electron chi connectivity index (χ2n) is 14.8. The fraction of sp³-hybridized carbons (Fsp3) is 0.526. The number of aromatic nitrogens is 1. The van der Waals surface area contributed by atoms with Gasteiger partial charge in [0.15, 0.2) is 5.82 Å². The van der Waals surface area contributed by atoms with E-state index in [4.69, 9.17) is 20.9 Å². The SMILES string of the molecule is C#Cc1c(F)ccc2cc(O)cc(-c3ncc4c(c3F)NC(OC[C@]35CCC[C@H]3N(C3CC(C)(O)C3)CCC5)N=C4N3CCCOCC3)c12. The number of nitrogens with zero attached hydrogens (tertiary/aromatic N) is 4. The van der Waals surface area contributed by atoms with Crippen molar-refractivity contribution in [2.75, 3.05) is 44.8 Å². The third-order valence-corrected chi connectivity index (χ3v) is 11.4. The summed E-state index contributed by atoms with van der Waals surface area (Å²) in [6, 6.07) is 6.36. The maximum absolute atomic E-state index is 17.0. The minimum Gasteiger partial charge on any atom is -0.508 e. The minimum atomic E-state index is -0.855. The van der Waals surface area contributed by atoms with Crippen LogP contribution in [0, 0.1) is 29.4 Å². The first-order chi connectivity index (χ1) is 23.7. The number of ether oxygens (including phenoxy) is 2. The van der Waals surface area contributed by atoms with Crippen molar-refractivity contribution in [3.8, 4) is 29.4 Å². The van der Waals surface area contributed by atoms with Gasteiger partial charge in [0.05, 0.1) is 35.6 Å². The molecule has 9 nitrogen and oxygen atoms in total. The van der Waals surface area contributed by atoms with E-state index >= 15 is 4.39 Å². The highest BCUT2D eigenvalue weighted by Crippen LogP contribution is 2.51. The van der Waals surface area contributed by atoms with Crippen LogP contribution in [0.2, 0.25) is 0 Å². The first kappa shape index (κ1) is 32.4. The summed E-state index contributed by atoms with van der Waals surface area (Å²) in [5.74, 6) is 1.59. The van der Waals surface area contributed by atoms with E-state index in [0.717, 1.165) is 57.9 Å². The molecule has 4 fully saturated rings. The molecule has 1 unspecified atom stereocenters. The Morgan fingerprint density at radius 1 is 1.10 bits per heavy atom. The van der Waals surface area contributed by atoms with Crippen LogP contribution in [0.15, 0.2) is 35.5 Å². The van der Waals surface area contributed by atoms with Crippen LogP contribution in [0.4, 0.5) is 14.5 Å². The van der Waals surface area contributed by atoms with Crippen LogP contribution in [0.5, 0.6) is 5.75 Å². The molecule has 3 aliphatic heterocycles. The Hall–Kier alpha value is -3.82. The van der Waals surface area contributed by atoms with Crippen LogP contribution in [0.3, 0.4) is 0 Å². The molecule has 2 saturated heterocycles. The molecule has 2 aliphatic carbocycles. The Morgan fingerprint density at radius 2 is 1.94 bits per heavy atom. The Labute approximate surface area is 285 Å². The van der Waals surface area contributed by atoms with E-state index in [1.165, 1.54) is 24.3 Å². The highest BCUT2D eigenvalue weighted by atomic mass is 19.1. The molecule has 0 bridgehead atoms. The van der Waals surface area contributed by atoms with Gasteiger partial charge in [0.25, 0.3) is 0 Å². The number of anilines is 1. The quantitative estimate of drug-likeness (QED) is 0.301. The topological polar surface area (TPSA) is 103 Å². The lowest BCUT2D eigenvalue weighted by Crippen LogP contribution is -2.61. The van der Waals surface area contributed by atoms with Crippen molar-refractivity contribution in [2.24, 2.45) is 10.4 Å². The third kappa shape index (κ3) is 5.72. The first-order valence-corrected chi connectivity index (χ1v) is 17.5. The number of phenolic OH excluding ortho intramolecular Hbond substituents is 1. The summed E-state index contributed by atoms with van der Waals surface area (Å²) >= 11 is 0. The van der Waals surface area contributed by atoms with Crippen molar-refractivity contribution in [3.63, 3.8) is 0 Å². The van der Waals surface area contributed by atoms with E-state index in [9.17, 15) is 14.6 Å². The molecule has 5 aliphatic rings. The van der Waals surface area contributed by atoms with Gasteiger partial charge >= 0.3 is 0 Å². The Kier molecular flexibility index (Phi) is 8.26. The summed E-state index contributed by atoms with van der Waals surface area (Å²) in [4.78, 5) is 14.3. The van der Waals surface area contributed by atoms with E-state index in [2.05, 4.69) is 26.0 Å². The minimum absolute atomic E-state index is 0.0233. The standard InChI is InChI=1S/C38H43F2N5O4/c1-3-26-29(39)9-8-23-17-25(46)18-27(31(23)26)33-32(40)34-28(21-41-33)35(44-12-6-15-48-16-14-44)43-36(42-34)49-22-38-10-4-7-30(38)45(13-5-11-38)24-19-37(2,47)20-24/h1,8-9,17-18,21,24,30,36,42,46-47H,4-7,10-16,19-20,22H2,2H3/t24?,30-,36?,37?,38-/m1/s1. The molecular formula is C38H43F2N5O4. The molecule has 0 amide bonds. The Balaban J connectivity index is 1.15. The molecule has 3 atom stereocenters. The van der Waals surface area contributed by atoms with E-state index in [0.29, 0.717) is 67.2 Å². The molecule has 258 valence electrons. The molecule has 0 radical (unpaired) electrons. The van der Waals surface area contributed by atoms with Gasteiger partial charge in [0, 0.05) is 54.3 Å². The summed E-state index contributed by atoms with van der Waals surface area (Å²) in [5, 5.41) is 25.1. The van der Waals surface area contributed by atoms with Crippen molar-refractivity contribution >= 4 is 22.3 Å². The van der Waals surface area contributed by atoms with Crippen LogP contribution in [0.25, 0.3) is 22.0 Å². The number of halogens is 2. The van der Waals surface area contributed by atoms with Crippen LogP contribution in [-0.4, -0.2) is 94.3 Å². The lowest BCUT2D eigenvalue weighted by Gasteiger charge is -2.55. The average molecular weight is 672 g/mol. The number of likely N-dealkylation sites (tertiary alicyclic amines) is 1. The van der Waals surface area contributed by atoms with Crippen LogP contribution >= 0.6 is 0 Å². The number of amidine groups is 1. The molecule has 8 rings (SSSR count). The average Bonchev–Trinajstić information content (AvgIpc) is 3.32. The highest BCUT2D eigenvalue weighted by Gasteiger charge is 2.53. The normalized spacial score (nSPS) is 30.1. The maximum atomic E-state index is 17.0. The number of aromatic hydroxyl groups is 1. The van der Waals surface area contributed by atoms with Gasteiger partial charge in [0.2, 0.25) is 6.35 Å². The molecule has 2 saturated carbocycles. The van der Waals surface area contributed by atoms with E-state index in [-0.39, 0.29) is 33.7 Å². The molecule has 11 heteroatoms. The largest absolute Gasteiger partial charge is 0.508 e. The zero-order chi connectivity index (χ0) is 33.9. The smallest absolute Gasteiger partial charge is 0.227 e. The van der Waals surface area contributed by atoms with Gasteiger partial charge in [-0.25, -0.2) is 13.8 Å². The summed E-state index contributed by atoms with van der Waals surface area (Å²) in [6.07, 6.45) is 14.3. The number of fused-ring (bicyclic) bond motifs is 3. The second-order valence-corrected chi connectivity index (χ2v) is 14.8. The number of piperidine rings is 1. The Bertz CT molecular complexity index is 1840. The van der Waals surface area contributed by atoms with Gasteiger partial charge in [-0.05, 0) is 82.0 Å². The number of rotatable bonds is 5. The zero-order valence-corrected chi connectivity index (χ0v) is 27.9. The highest BCUT2D eigenvalue weighted by molar-refractivity contribution is 6.06. The molecular weight excluding hydrogens is 628 g/mol. The van der Waals surface area contributed by atoms with Crippen molar-refractivity contribution in [1.29, 1.82) is 0 Å². The van der Waals surface area contributed by atoms with Gasteiger partial charge < -0.3 is 29.9 Å². The number of phenols is 1. The van der Waals surface area contributed by atoms with Crippen molar-refractivity contribution in [2.45, 2.75) is 82.3 Å². The summed E-state index contributed by atoms with van der Waals surface area (Å²) in [5.41, 5.74) is 0.163. The molecule has 49 heavy (non-hydrogen) atoms. The number of terminal acetylenes is 1. The lowest BCUT2D eigenvalue weighted by atomic mass is 9.70. The van der Waals surface area contributed by atoms with Crippen molar-refractivity contribution < 1.29 is 28.5 Å². The van der Waals surface area contributed by atoms with Gasteiger partial charge in [-0.1, -0.05) is 18.4 Å². The number of nitrogens with one attached hydrogen (secondary N) is 1. The molecule has 2 aromatic carbocycles. The molecule has 1 aromatic heterocycles. The van der Waals surface area contributed by atoms with Crippen LogP contribution in [0.1, 0.15) is 69.4 Å². The van der Waals surface area contributed by atoms with Crippen LogP contribution < -0.4 is 5.32 Å². The fourth-order valence-electron chi connectivity index (χ4n) is 9.17. The number of aliphatic imine (C=N–C) groups is 1. The first-order valence-electron chi connectivity index (χ1n) is 17.5. The van der Waals surface area contributed by atoms with E-state index in [1.54, 1.807) is 6.20 Å². The summed E-state index contributed by atoms with van der Waals surface area (Å²) in [7, 11) is 0. The predicted molar refractivity (Wildman–Crippen MR) is 183 cm³/mol. The number of benzene rings is 2. The maximum Gasteiger partial charge on any atom is 0.227 e. The van der Waals surface area contributed by atoms with Crippen molar-refractivity contribution in [1.82, 2.24) is 14.8 Å². The van der Waals surface area contributed by atoms with Crippen LogP contribution in [-0.2, 0) is 9.47 Å². The lowest BCUT2D eigenvalue weighted by molar-refractivity contribution is -0.125. The molecule has 3 N–H and O–H groups in total. The molecule has 0 spiro atoms. The summed E-state index contributed by atoms with van der Waals surface area (Å²) < 4.78 is 44.2. The second kappa shape index (κ2) is 12.5. The zero-order valence-electron chi connectivity index (χ0n) is 27.9. The van der Waals surface area contributed by atoms with E-state index < -0.39 is 23.6 Å². The third-order valence-electron chi connectivity index (χ3n) is 11.4. The molecule has 3 aromatic rings. The predicted octanol–water partition coefficient (Wildman–Crippen LogP) is 5.61. The molecule has 4 heterocycles. The number of aliphatic hydroxyl groups is 1. The Morgan fingerprint density at radius 3 is 2.76 bits per heavy atom. The number of hydrogen-bond donors (Lipinski definition) is 3. The fourth-order valence-corrected chi connectivity index (χ4v) is 9.17. The van der Waals surface area contributed by atoms with Crippen molar-refractivity contribution in [3.05, 3.63) is 53.2 Å². The number of pyridine rings is 1. The monoisotopic (exact) mass is 671 g/mol. The van der Waals surface area contributed by atoms with Gasteiger partial charge in [0.1, 0.15) is 23.1 Å². The van der Waals surface area contributed by atoms with E-state index in [1.807, 2.05) is 6.92 Å². The van der Waals surface area contributed by atoms with Gasteiger partial charge in [-0.2, -0.15) is 0 Å². The van der Waals surface area contributed by atoms with Gasteiger partial charge in [-0.3, -0.25) is 9.88 Å². The van der Waals surface area contributed by atoms with Gasteiger partial charge in [-0.15, -0.1) is 6.42 Å².